The molecule has 3 nitrogen and oxygen atoms in total. The van der Waals surface area contributed by atoms with E-state index in [1.807, 2.05) is 12.1 Å². The zero-order valence-corrected chi connectivity index (χ0v) is 9.32. The van der Waals surface area contributed by atoms with Gasteiger partial charge in [-0.3, -0.25) is 0 Å². The van der Waals surface area contributed by atoms with E-state index >= 15 is 0 Å². The summed E-state index contributed by atoms with van der Waals surface area (Å²) in [6.45, 7) is 3.61. The van der Waals surface area contributed by atoms with Crippen molar-refractivity contribution in [1.82, 2.24) is 5.32 Å². The highest BCUT2D eigenvalue weighted by atomic mass is 16.5. The Balaban J connectivity index is 1.60. The minimum Gasteiger partial charge on any atom is -0.491 e. The molecular weight excluding hydrogens is 202 g/mol. The first-order valence-electron chi connectivity index (χ1n) is 5.96. The molecule has 1 fully saturated rings. The lowest BCUT2D eigenvalue weighted by Gasteiger charge is -2.14. The zero-order valence-electron chi connectivity index (χ0n) is 9.32. The summed E-state index contributed by atoms with van der Waals surface area (Å²) in [5.41, 5.74) is 1.29. The number of rotatable bonds is 3. The van der Waals surface area contributed by atoms with Gasteiger partial charge in [-0.1, -0.05) is 18.2 Å². The molecule has 2 aliphatic rings. The predicted molar refractivity (Wildman–Crippen MR) is 61.6 cm³/mol. The van der Waals surface area contributed by atoms with Crippen molar-refractivity contribution < 1.29 is 9.47 Å². The fraction of sp³-hybridized carbons (Fsp3) is 0.538. The summed E-state index contributed by atoms with van der Waals surface area (Å²) in [4.78, 5) is 0. The first kappa shape index (κ1) is 10.1. The highest BCUT2D eigenvalue weighted by molar-refractivity contribution is 5.39. The third kappa shape index (κ3) is 1.93. The summed E-state index contributed by atoms with van der Waals surface area (Å²) in [7, 11) is 0. The van der Waals surface area contributed by atoms with Crippen LogP contribution in [0.2, 0.25) is 0 Å². The summed E-state index contributed by atoms with van der Waals surface area (Å²) in [5, 5.41) is 3.57. The van der Waals surface area contributed by atoms with E-state index in [-0.39, 0.29) is 0 Å². The molecular formula is C13H17NO2. The largest absolute Gasteiger partial charge is 0.491 e. The van der Waals surface area contributed by atoms with Crippen LogP contribution in [0.15, 0.2) is 24.3 Å². The van der Waals surface area contributed by atoms with Crippen molar-refractivity contribution in [3.63, 3.8) is 0 Å². The van der Waals surface area contributed by atoms with Crippen molar-refractivity contribution in [2.75, 3.05) is 26.4 Å². The van der Waals surface area contributed by atoms with Crippen LogP contribution in [0.4, 0.5) is 0 Å². The third-order valence-electron chi connectivity index (χ3n) is 3.38. The van der Waals surface area contributed by atoms with E-state index in [9.17, 15) is 0 Å². The molecule has 1 N–H and O–H groups in total. The van der Waals surface area contributed by atoms with Gasteiger partial charge in [0, 0.05) is 18.7 Å². The second-order valence-electron chi connectivity index (χ2n) is 4.54. The molecule has 0 amide bonds. The molecule has 0 radical (unpaired) electrons. The summed E-state index contributed by atoms with van der Waals surface area (Å²) in [5.74, 6) is 1.70. The van der Waals surface area contributed by atoms with Gasteiger partial charge in [0.25, 0.3) is 0 Å². The Bertz CT molecular complexity index is 361. The molecule has 1 aromatic carbocycles. The molecule has 1 aromatic rings. The number of fused-ring (bicyclic) bond motifs is 1. The Kier molecular flexibility index (Phi) is 2.80. The van der Waals surface area contributed by atoms with Gasteiger partial charge in [0.15, 0.2) is 0 Å². The van der Waals surface area contributed by atoms with Crippen LogP contribution in [0.1, 0.15) is 18.0 Å². The molecule has 0 aromatic heterocycles. The number of ether oxygens (including phenoxy) is 2. The zero-order chi connectivity index (χ0) is 10.8. The van der Waals surface area contributed by atoms with Crippen LogP contribution >= 0.6 is 0 Å². The number of hydrogen-bond acceptors (Lipinski definition) is 3. The summed E-state index contributed by atoms with van der Waals surface area (Å²) >= 11 is 0. The van der Waals surface area contributed by atoms with E-state index in [1.165, 1.54) is 12.0 Å². The Morgan fingerprint density at radius 2 is 2.19 bits per heavy atom. The average molecular weight is 219 g/mol. The van der Waals surface area contributed by atoms with Gasteiger partial charge in [0.1, 0.15) is 12.4 Å². The number of hydrogen-bond donors (Lipinski definition) is 1. The van der Waals surface area contributed by atoms with Crippen LogP contribution in [0.3, 0.4) is 0 Å². The Morgan fingerprint density at radius 1 is 1.25 bits per heavy atom. The van der Waals surface area contributed by atoms with Crippen molar-refractivity contribution in [2.24, 2.45) is 5.92 Å². The second kappa shape index (κ2) is 4.44. The molecule has 0 spiro atoms. The first-order valence-corrected chi connectivity index (χ1v) is 5.96. The second-order valence-corrected chi connectivity index (χ2v) is 4.54. The monoisotopic (exact) mass is 219 g/mol. The van der Waals surface area contributed by atoms with E-state index in [1.54, 1.807) is 0 Å². The molecule has 86 valence electrons. The third-order valence-corrected chi connectivity index (χ3v) is 3.38. The summed E-state index contributed by atoms with van der Waals surface area (Å²) in [6.07, 6.45) is 1.18. The van der Waals surface area contributed by atoms with Crippen molar-refractivity contribution in [3.05, 3.63) is 29.8 Å². The van der Waals surface area contributed by atoms with Crippen LogP contribution < -0.4 is 10.1 Å². The minimum absolute atomic E-state index is 0.358. The van der Waals surface area contributed by atoms with Crippen LogP contribution in [-0.2, 0) is 4.74 Å². The van der Waals surface area contributed by atoms with Gasteiger partial charge in [0.05, 0.1) is 12.6 Å². The molecule has 0 saturated carbocycles. The lowest BCUT2D eigenvalue weighted by molar-refractivity contribution is 0.184. The minimum atomic E-state index is 0.358. The van der Waals surface area contributed by atoms with Gasteiger partial charge in [-0.2, -0.15) is 0 Å². The fourth-order valence-electron chi connectivity index (χ4n) is 2.38. The normalized spacial score (nSPS) is 27.8. The smallest absolute Gasteiger partial charge is 0.124 e. The van der Waals surface area contributed by atoms with E-state index in [0.717, 1.165) is 32.1 Å². The molecule has 1 saturated heterocycles. The number of para-hydroxylation sites is 1. The van der Waals surface area contributed by atoms with E-state index in [4.69, 9.17) is 9.47 Å². The predicted octanol–water partition coefficient (Wildman–Crippen LogP) is 1.75. The highest BCUT2D eigenvalue weighted by Crippen LogP contribution is 2.31. The van der Waals surface area contributed by atoms with E-state index in [2.05, 4.69) is 17.4 Å². The van der Waals surface area contributed by atoms with Gasteiger partial charge in [-0.05, 0) is 18.4 Å². The number of nitrogens with one attached hydrogen (secondary N) is 1. The van der Waals surface area contributed by atoms with Gasteiger partial charge >= 0.3 is 0 Å². The Labute approximate surface area is 95.8 Å². The van der Waals surface area contributed by atoms with Crippen molar-refractivity contribution in [1.29, 1.82) is 0 Å². The summed E-state index contributed by atoms with van der Waals surface area (Å²) in [6, 6.07) is 8.63. The number of benzene rings is 1. The SMILES string of the molecule is c1ccc2c(c1)OCC2NCC1CCOC1. The lowest BCUT2D eigenvalue weighted by atomic mass is 10.1. The fourth-order valence-corrected chi connectivity index (χ4v) is 2.38. The topological polar surface area (TPSA) is 30.5 Å². The molecule has 2 atom stereocenters. The maximum Gasteiger partial charge on any atom is 0.124 e. The molecule has 2 unspecified atom stereocenters. The standard InChI is InChI=1S/C13H17NO2/c1-2-4-13-11(3-1)12(9-16-13)14-7-10-5-6-15-8-10/h1-4,10,12,14H,5-9H2. The highest BCUT2D eigenvalue weighted by Gasteiger charge is 2.24. The van der Waals surface area contributed by atoms with Crippen LogP contribution in [-0.4, -0.2) is 26.4 Å². The van der Waals surface area contributed by atoms with Gasteiger partial charge in [-0.25, -0.2) is 0 Å². The van der Waals surface area contributed by atoms with Crippen molar-refractivity contribution >= 4 is 0 Å². The van der Waals surface area contributed by atoms with Gasteiger partial charge in [0.2, 0.25) is 0 Å². The molecule has 3 rings (SSSR count). The lowest BCUT2D eigenvalue weighted by Crippen LogP contribution is -2.28. The van der Waals surface area contributed by atoms with Crippen LogP contribution in [0.25, 0.3) is 0 Å². The molecule has 16 heavy (non-hydrogen) atoms. The molecule has 0 bridgehead atoms. The van der Waals surface area contributed by atoms with Gasteiger partial charge < -0.3 is 14.8 Å². The molecule has 2 aliphatic heterocycles. The average Bonchev–Trinajstić information content (AvgIpc) is 2.96. The quantitative estimate of drug-likeness (QED) is 0.840. The van der Waals surface area contributed by atoms with Crippen LogP contribution in [0.5, 0.6) is 5.75 Å². The Hall–Kier alpha value is -1.06. The van der Waals surface area contributed by atoms with Gasteiger partial charge in [-0.15, -0.1) is 0 Å². The van der Waals surface area contributed by atoms with E-state index < -0.39 is 0 Å². The van der Waals surface area contributed by atoms with Crippen molar-refractivity contribution in [2.45, 2.75) is 12.5 Å². The van der Waals surface area contributed by atoms with Crippen molar-refractivity contribution in [3.8, 4) is 5.75 Å². The molecule has 0 aliphatic carbocycles. The molecule has 2 heterocycles. The summed E-state index contributed by atoms with van der Waals surface area (Å²) < 4.78 is 11.0. The Morgan fingerprint density at radius 3 is 3.06 bits per heavy atom. The van der Waals surface area contributed by atoms with E-state index in [0.29, 0.717) is 12.0 Å². The maximum atomic E-state index is 5.63. The first-order chi connectivity index (χ1) is 7.93. The maximum absolute atomic E-state index is 5.63. The van der Waals surface area contributed by atoms with Crippen LogP contribution in [0, 0.1) is 5.92 Å². The molecule has 3 heteroatoms.